The quantitative estimate of drug-likeness (QED) is 0.238. The number of benzene rings is 3. The largest absolute Gasteiger partial charge is 0.490 e. The highest BCUT2D eigenvalue weighted by atomic mass is 79.9. The number of esters is 1. The zero-order valence-electron chi connectivity index (χ0n) is 20.8. The van der Waals surface area contributed by atoms with Crippen molar-refractivity contribution >= 4 is 45.3 Å². The average Bonchev–Trinajstić information content (AvgIpc) is 3.25. The van der Waals surface area contributed by atoms with Crippen LogP contribution in [-0.2, 0) is 9.53 Å². The molecule has 0 saturated heterocycles. The Hall–Kier alpha value is -4.42. The van der Waals surface area contributed by atoms with Crippen LogP contribution in [0.4, 0.5) is 5.69 Å². The highest BCUT2D eigenvalue weighted by molar-refractivity contribution is 9.10. The third kappa shape index (κ3) is 5.76. The van der Waals surface area contributed by atoms with Gasteiger partial charge >= 0.3 is 5.97 Å². The molecule has 3 aromatic rings. The van der Waals surface area contributed by atoms with E-state index in [4.69, 9.17) is 19.5 Å². The Labute approximate surface area is 228 Å². The molecule has 0 N–H and O–H groups in total. The summed E-state index contributed by atoms with van der Waals surface area (Å²) in [5.41, 5.74) is 3.23. The maximum Gasteiger partial charge on any atom is 0.338 e. The van der Waals surface area contributed by atoms with E-state index in [0.29, 0.717) is 50.7 Å². The minimum absolute atomic E-state index is 0.133. The zero-order valence-corrected chi connectivity index (χ0v) is 22.4. The number of carbonyl (C=O) groups excluding carboxylic acids is 2. The predicted octanol–water partition coefficient (Wildman–Crippen LogP) is 5.76. The van der Waals surface area contributed by atoms with E-state index in [2.05, 4.69) is 21.0 Å². The fourth-order valence-electron chi connectivity index (χ4n) is 3.83. The number of ether oxygens (including phenoxy) is 3. The maximum atomic E-state index is 13.7. The van der Waals surface area contributed by atoms with E-state index < -0.39 is 5.97 Å². The van der Waals surface area contributed by atoms with Crippen molar-refractivity contribution in [1.82, 2.24) is 0 Å². The second kappa shape index (κ2) is 12.2. The van der Waals surface area contributed by atoms with Gasteiger partial charge in [-0.3, -0.25) is 4.79 Å². The normalized spacial score (nSPS) is 13.7. The summed E-state index contributed by atoms with van der Waals surface area (Å²) in [4.78, 5) is 25.7. The summed E-state index contributed by atoms with van der Waals surface area (Å²) in [6.45, 7) is 4.12. The molecule has 0 bridgehead atoms. The second-order valence-corrected chi connectivity index (χ2v) is 8.82. The third-order valence-electron chi connectivity index (χ3n) is 5.47. The number of nitriles is 1. The van der Waals surface area contributed by atoms with Crippen molar-refractivity contribution < 1.29 is 23.8 Å². The lowest BCUT2D eigenvalue weighted by Gasteiger charge is -2.14. The Bertz CT molecular complexity index is 1440. The summed E-state index contributed by atoms with van der Waals surface area (Å²) >= 11 is 3.49. The van der Waals surface area contributed by atoms with Crippen LogP contribution >= 0.6 is 15.9 Å². The zero-order chi connectivity index (χ0) is 27.1. The van der Waals surface area contributed by atoms with Gasteiger partial charge in [0, 0.05) is 5.56 Å². The lowest BCUT2D eigenvalue weighted by Crippen LogP contribution is -2.21. The fourth-order valence-corrected chi connectivity index (χ4v) is 4.40. The molecule has 192 valence electrons. The molecule has 0 radical (unpaired) electrons. The number of hydrogen-bond acceptors (Lipinski definition) is 7. The van der Waals surface area contributed by atoms with Gasteiger partial charge in [0.2, 0.25) is 0 Å². The highest BCUT2D eigenvalue weighted by Crippen LogP contribution is 2.38. The highest BCUT2D eigenvalue weighted by Gasteiger charge is 2.32. The van der Waals surface area contributed by atoms with Crippen LogP contribution in [0.5, 0.6) is 11.5 Å². The van der Waals surface area contributed by atoms with Crippen LogP contribution in [0.25, 0.3) is 6.08 Å². The monoisotopic (exact) mass is 573 g/mol. The number of hydrazone groups is 1. The van der Waals surface area contributed by atoms with Crippen molar-refractivity contribution in [3.63, 3.8) is 0 Å². The summed E-state index contributed by atoms with van der Waals surface area (Å²) in [6, 6.07) is 21.4. The number of rotatable bonds is 9. The van der Waals surface area contributed by atoms with E-state index in [-0.39, 0.29) is 19.1 Å². The number of carbonyl (C=O) groups is 2. The minimum atomic E-state index is -0.432. The van der Waals surface area contributed by atoms with Gasteiger partial charge < -0.3 is 14.2 Å². The lowest BCUT2D eigenvalue weighted by atomic mass is 10.00. The summed E-state index contributed by atoms with van der Waals surface area (Å²) in [5, 5.41) is 14.9. The molecule has 8 nitrogen and oxygen atoms in total. The van der Waals surface area contributed by atoms with Gasteiger partial charge in [0.15, 0.2) is 18.1 Å². The number of hydrogen-bond donors (Lipinski definition) is 0. The molecule has 0 spiro atoms. The Kier molecular flexibility index (Phi) is 8.56. The van der Waals surface area contributed by atoms with Crippen molar-refractivity contribution in [2.75, 3.05) is 24.8 Å². The van der Waals surface area contributed by atoms with Gasteiger partial charge in [-0.25, -0.2) is 4.79 Å². The smallest absolute Gasteiger partial charge is 0.338 e. The number of halogens is 1. The standard InChI is InChI=1S/C29H24BrN3O5/c1-3-36-25-18-19(17-24(30)27(25)38-15-14-31)16-23-26(20-8-6-5-7-9-20)32-33(28(23)34)22-12-10-21(11-13-22)29(35)37-4-2/h5-13,16-18H,3-4,15H2,1-2H3/b23-16-. The Morgan fingerprint density at radius 1 is 1.05 bits per heavy atom. The van der Waals surface area contributed by atoms with E-state index in [0.717, 1.165) is 5.56 Å². The molecular formula is C29H24BrN3O5. The fraction of sp³-hybridized carbons (Fsp3) is 0.172. The molecule has 0 fully saturated rings. The Balaban J connectivity index is 1.76. The minimum Gasteiger partial charge on any atom is -0.490 e. The Morgan fingerprint density at radius 3 is 2.45 bits per heavy atom. The molecule has 0 saturated carbocycles. The summed E-state index contributed by atoms with van der Waals surface area (Å²) in [6.07, 6.45) is 1.74. The molecule has 38 heavy (non-hydrogen) atoms. The molecular weight excluding hydrogens is 550 g/mol. The van der Waals surface area contributed by atoms with Gasteiger partial charge in [0.1, 0.15) is 11.8 Å². The number of anilines is 1. The number of nitrogens with zero attached hydrogens (tertiary/aromatic N) is 3. The molecule has 3 aromatic carbocycles. The van der Waals surface area contributed by atoms with Gasteiger partial charge in [-0.1, -0.05) is 30.3 Å². The lowest BCUT2D eigenvalue weighted by molar-refractivity contribution is -0.114. The van der Waals surface area contributed by atoms with E-state index in [1.54, 1.807) is 49.4 Å². The van der Waals surface area contributed by atoms with Crippen molar-refractivity contribution in [3.8, 4) is 17.6 Å². The molecule has 0 atom stereocenters. The van der Waals surface area contributed by atoms with E-state index in [9.17, 15) is 9.59 Å². The van der Waals surface area contributed by atoms with Crippen LogP contribution in [0.2, 0.25) is 0 Å². The van der Waals surface area contributed by atoms with E-state index >= 15 is 0 Å². The first-order chi connectivity index (χ1) is 18.5. The maximum absolute atomic E-state index is 13.7. The first-order valence-corrected chi connectivity index (χ1v) is 12.7. The molecule has 1 aliphatic rings. The topological polar surface area (TPSA) is 101 Å². The molecule has 9 heteroatoms. The molecule has 4 rings (SSSR count). The molecule has 1 heterocycles. The van der Waals surface area contributed by atoms with Gasteiger partial charge in [-0.05, 0) is 77.8 Å². The van der Waals surface area contributed by atoms with Gasteiger partial charge in [-0.2, -0.15) is 15.4 Å². The summed E-state index contributed by atoms with van der Waals surface area (Å²) in [5.74, 6) is 0.0953. The first kappa shape index (κ1) is 26.6. The van der Waals surface area contributed by atoms with Crippen molar-refractivity contribution in [2.24, 2.45) is 5.10 Å². The molecule has 1 aliphatic heterocycles. The van der Waals surface area contributed by atoms with Crippen molar-refractivity contribution in [1.29, 1.82) is 5.26 Å². The molecule has 0 aliphatic carbocycles. The van der Waals surface area contributed by atoms with Gasteiger partial charge in [0.05, 0.1) is 34.5 Å². The second-order valence-electron chi connectivity index (χ2n) is 7.97. The van der Waals surface area contributed by atoms with E-state index in [1.807, 2.05) is 43.3 Å². The SMILES string of the molecule is CCOC(=O)c1ccc(N2N=C(c3ccccc3)/C(=C/c3cc(Br)c(OCC#N)c(OCC)c3)C2=O)cc1. The van der Waals surface area contributed by atoms with Crippen LogP contribution in [0.1, 0.15) is 35.3 Å². The van der Waals surface area contributed by atoms with Crippen LogP contribution in [-0.4, -0.2) is 37.4 Å². The van der Waals surface area contributed by atoms with Gasteiger partial charge in [0.25, 0.3) is 5.91 Å². The predicted molar refractivity (Wildman–Crippen MR) is 147 cm³/mol. The first-order valence-electron chi connectivity index (χ1n) is 11.9. The van der Waals surface area contributed by atoms with Gasteiger partial charge in [-0.15, -0.1) is 0 Å². The average molecular weight is 574 g/mol. The van der Waals surface area contributed by atoms with Crippen LogP contribution in [0.15, 0.2) is 81.9 Å². The molecule has 0 unspecified atom stereocenters. The van der Waals surface area contributed by atoms with Crippen LogP contribution in [0.3, 0.4) is 0 Å². The molecule has 1 amide bonds. The van der Waals surface area contributed by atoms with Crippen LogP contribution < -0.4 is 14.5 Å². The Morgan fingerprint density at radius 2 is 1.79 bits per heavy atom. The van der Waals surface area contributed by atoms with Crippen molar-refractivity contribution in [2.45, 2.75) is 13.8 Å². The summed E-state index contributed by atoms with van der Waals surface area (Å²) in [7, 11) is 0. The van der Waals surface area contributed by atoms with E-state index in [1.165, 1.54) is 5.01 Å². The van der Waals surface area contributed by atoms with Crippen molar-refractivity contribution in [3.05, 3.63) is 93.5 Å². The van der Waals surface area contributed by atoms with Crippen LogP contribution in [0, 0.1) is 11.3 Å². The molecule has 0 aromatic heterocycles. The summed E-state index contributed by atoms with van der Waals surface area (Å²) < 4.78 is 16.9. The number of amides is 1. The third-order valence-corrected chi connectivity index (χ3v) is 6.06.